The smallest absolute Gasteiger partial charge is 0.255 e. The molecule has 2 rings (SSSR count). The summed E-state index contributed by atoms with van der Waals surface area (Å²) < 4.78 is 24.5. The lowest BCUT2D eigenvalue weighted by atomic mass is 10.2. The summed E-state index contributed by atoms with van der Waals surface area (Å²) in [6.45, 7) is 1.86. The fourth-order valence-corrected chi connectivity index (χ4v) is 2.21. The molecule has 0 radical (unpaired) electrons. The highest BCUT2D eigenvalue weighted by Crippen LogP contribution is 2.13. The monoisotopic (exact) mass is 305 g/mol. The Balaban J connectivity index is 2.08. The molecule has 1 aromatic heterocycles. The molecule has 1 heterocycles. The third-order valence-electron chi connectivity index (χ3n) is 2.62. The Morgan fingerprint density at radius 1 is 1.05 bits per heavy atom. The molecule has 0 aliphatic heterocycles. The number of rotatable bonds is 4. The fourth-order valence-electron chi connectivity index (χ4n) is 1.65. The zero-order valence-corrected chi connectivity index (χ0v) is 12.4. The number of carbonyl (C=O) groups excluding carboxylic acids is 1. The second-order valence-corrected chi connectivity index (χ2v) is 6.34. The van der Waals surface area contributed by atoms with Gasteiger partial charge in [0.2, 0.25) is 10.0 Å². The molecule has 0 aliphatic carbocycles. The van der Waals surface area contributed by atoms with Crippen molar-refractivity contribution in [3.63, 3.8) is 0 Å². The van der Waals surface area contributed by atoms with Crippen molar-refractivity contribution in [1.29, 1.82) is 0 Å². The van der Waals surface area contributed by atoms with Gasteiger partial charge in [0, 0.05) is 16.9 Å². The number of hydrogen-bond donors (Lipinski definition) is 2. The van der Waals surface area contributed by atoms with E-state index in [1.54, 1.807) is 30.5 Å². The first-order valence-electron chi connectivity index (χ1n) is 6.15. The van der Waals surface area contributed by atoms with Gasteiger partial charge in [0.05, 0.1) is 18.1 Å². The van der Waals surface area contributed by atoms with Crippen molar-refractivity contribution in [2.75, 3.05) is 16.3 Å². The Morgan fingerprint density at radius 3 is 2.19 bits per heavy atom. The van der Waals surface area contributed by atoms with Gasteiger partial charge < -0.3 is 5.32 Å². The molecule has 0 unspecified atom stereocenters. The third kappa shape index (κ3) is 4.57. The second-order valence-electron chi connectivity index (χ2n) is 4.59. The molecule has 7 heteroatoms. The van der Waals surface area contributed by atoms with Gasteiger partial charge in [0.1, 0.15) is 0 Å². The molecule has 21 heavy (non-hydrogen) atoms. The van der Waals surface area contributed by atoms with Gasteiger partial charge in [-0.25, -0.2) is 8.42 Å². The maximum atomic E-state index is 12.0. The van der Waals surface area contributed by atoms with E-state index in [0.717, 1.165) is 11.9 Å². The number of hydrogen-bond acceptors (Lipinski definition) is 4. The van der Waals surface area contributed by atoms with Gasteiger partial charge in [-0.1, -0.05) is 0 Å². The number of amides is 1. The van der Waals surface area contributed by atoms with Crippen LogP contribution in [-0.4, -0.2) is 25.6 Å². The largest absolute Gasteiger partial charge is 0.321 e. The number of sulfonamides is 1. The van der Waals surface area contributed by atoms with Crippen molar-refractivity contribution < 1.29 is 13.2 Å². The lowest BCUT2D eigenvalue weighted by Crippen LogP contribution is -2.13. The number of carbonyl (C=O) groups is 1. The van der Waals surface area contributed by atoms with Crippen molar-refractivity contribution >= 4 is 27.3 Å². The highest BCUT2D eigenvalue weighted by molar-refractivity contribution is 7.92. The van der Waals surface area contributed by atoms with Crippen molar-refractivity contribution in [3.8, 4) is 0 Å². The quantitative estimate of drug-likeness (QED) is 0.904. The minimum Gasteiger partial charge on any atom is -0.321 e. The summed E-state index contributed by atoms with van der Waals surface area (Å²) >= 11 is 0. The first kappa shape index (κ1) is 15.0. The zero-order valence-electron chi connectivity index (χ0n) is 11.6. The van der Waals surface area contributed by atoms with Crippen molar-refractivity contribution in [3.05, 3.63) is 53.9 Å². The molecule has 0 saturated carbocycles. The van der Waals surface area contributed by atoms with E-state index in [9.17, 15) is 13.2 Å². The van der Waals surface area contributed by atoms with E-state index >= 15 is 0 Å². The zero-order chi connectivity index (χ0) is 15.5. The molecular weight excluding hydrogens is 290 g/mol. The molecule has 0 saturated heterocycles. The average molecular weight is 305 g/mol. The number of aromatic nitrogens is 1. The molecular formula is C14H15N3O3S. The van der Waals surface area contributed by atoms with E-state index in [4.69, 9.17) is 0 Å². The molecule has 0 fully saturated rings. The normalized spacial score (nSPS) is 11.0. The molecule has 1 aromatic carbocycles. The Morgan fingerprint density at radius 2 is 1.67 bits per heavy atom. The molecule has 0 aliphatic rings. The minimum absolute atomic E-state index is 0.286. The first-order valence-corrected chi connectivity index (χ1v) is 8.04. The Labute approximate surface area is 123 Å². The molecule has 6 nitrogen and oxygen atoms in total. The van der Waals surface area contributed by atoms with E-state index in [2.05, 4.69) is 15.0 Å². The highest BCUT2D eigenvalue weighted by Gasteiger charge is 2.07. The fraction of sp³-hybridized carbons (Fsp3) is 0.143. The molecule has 2 aromatic rings. The van der Waals surface area contributed by atoms with Crippen LogP contribution in [0, 0.1) is 6.92 Å². The van der Waals surface area contributed by atoms with E-state index in [-0.39, 0.29) is 5.91 Å². The molecule has 0 spiro atoms. The summed E-state index contributed by atoms with van der Waals surface area (Å²) in [5.74, 6) is -0.286. The van der Waals surface area contributed by atoms with Crippen LogP contribution in [0.5, 0.6) is 0 Å². The number of pyridine rings is 1. The maximum Gasteiger partial charge on any atom is 0.255 e. The SMILES string of the molecule is Cc1ccc(NC(=O)c2ccc(NS(C)(=O)=O)cc2)cn1. The molecule has 2 N–H and O–H groups in total. The van der Waals surface area contributed by atoms with Gasteiger partial charge in [-0.2, -0.15) is 0 Å². The number of nitrogens with zero attached hydrogens (tertiary/aromatic N) is 1. The van der Waals surface area contributed by atoms with Crippen LogP contribution in [0.4, 0.5) is 11.4 Å². The van der Waals surface area contributed by atoms with Crippen molar-refractivity contribution in [1.82, 2.24) is 4.98 Å². The lowest BCUT2D eigenvalue weighted by molar-refractivity contribution is 0.102. The highest BCUT2D eigenvalue weighted by atomic mass is 32.2. The van der Waals surface area contributed by atoms with Crippen LogP contribution in [0.1, 0.15) is 16.1 Å². The van der Waals surface area contributed by atoms with Crippen LogP contribution >= 0.6 is 0 Å². The third-order valence-corrected chi connectivity index (χ3v) is 3.23. The van der Waals surface area contributed by atoms with Gasteiger partial charge in [-0.05, 0) is 43.3 Å². The summed E-state index contributed by atoms with van der Waals surface area (Å²) in [7, 11) is -3.32. The van der Waals surface area contributed by atoms with Gasteiger partial charge in [-0.15, -0.1) is 0 Å². The van der Waals surface area contributed by atoms with Crippen LogP contribution in [-0.2, 0) is 10.0 Å². The number of anilines is 2. The van der Waals surface area contributed by atoms with Crippen LogP contribution in [0.15, 0.2) is 42.6 Å². The van der Waals surface area contributed by atoms with E-state index in [1.165, 1.54) is 12.1 Å². The van der Waals surface area contributed by atoms with Crippen molar-refractivity contribution in [2.45, 2.75) is 6.92 Å². The van der Waals surface area contributed by atoms with Gasteiger partial charge in [0.15, 0.2) is 0 Å². The van der Waals surface area contributed by atoms with Crippen LogP contribution in [0.3, 0.4) is 0 Å². The summed E-state index contributed by atoms with van der Waals surface area (Å²) in [4.78, 5) is 16.1. The van der Waals surface area contributed by atoms with Gasteiger partial charge in [0.25, 0.3) is 5.91 Å². The van der Waals surface area contributed by atoms with E-state index in [1.807, 2.05) is 6.92 Å². The summed E-state index contributed by atoms with van der Waals surface area (Å²) in [6.07, 6.45) is 2.64. The predicted molar refractivity (Wildman–Crippen MR) is 81.8 cm³/mol. The summed E-state index contributed by atoms with van der Waals surface area (Å²) in [5, 5.41) is 2.71. The maximum absolute atomic E-state index is 12.0. The van der Waals surface area contributed by atoms with E-state index in [0.29, 0.717) is 16.9 Å². The Kier molecular flexibility index (Phi) is 4.23. The molecule has 110 valence electrons. The number of aryl methyl sites for hydroxylation is 1. The average Bonchev–Trinajstić information content (AvgIpc) is 2.40. The van der Waals surface area contributed by atoms with Gasteiger partial charge in [-0.3, -0.25) is 14.5 Å². The summed E-state index contributed by atoms with van der Waals surface area (Å²) in [5.41, 5.74) is 2.30. The van der Waals surface area contributed by atoms with Crippen LogP contribution in [0.2, 0.25) is 0 Å². The van der Waals surface area contributed by atoms with Crippen LogP contribution in [0.25, 0.3) is 0 Å². The van der Waals surface area contributed by atoms with Crippen LogP contribution < -0.4 is 10.0 Å². The minimum atomic E-state index is -3.32. The standard InChI is InChI=1S/C14H15N3O3S/c1-10-3-6-13(9-15-10)16-14(18)11-4-7-12(8-5-11)17-21(2,19)20/h3-9,17H,1-2H3,(H,16,18). The number of benzene rings is 1. The lowest BCUT2D eigenvalue weighted by Gasteiger charge is -2.07. The first-order chi connectivity index (χ1) is 9.83. The summed E-state index contributed by atoms with van der Waals surface area (Å²) in [6, 6.07) is 9.72. The number of nitrogens with one attached hydrogen (secondary N) is 2. The molecule has 0 atom stereocenters. The second kappa shape index (κ2) is 5.92. The molecule has 0 bridgehead atoms. The predicted octanol–water partition coefficient (Wildman–Crippen LogP) is 2.01. The Hall–Kier alpha value is -2.41. The Bertz CT molecular complexity index is 738. The molecule has 1 amide bonds. The van der Waals surface area contributed by atoms with Crippen molar-refractivity contribution in [2.24, 2.45) is 0 Å². The topological polar surface area (TPSA) is 88.2 Å². The van der Waals surface area contributed by atoms with E-state index < -0.39 is 10.0 Å². The van der Waals surface area contributed by atoms with Gasteiger partial charge >= 0.3 is 0 Å².